The lowest BCUT2D eigenvalue weighted by molar-refractivity contribution is -0.115. The summed E-state index contributed by atoms with van der Waals surface area (Å²) in [5.74, 6) is 0.630. The Labute approximate surface area is 116 Å². The molecule has 1 heterocycles. The first kappa shape index (κ1) is 13.7. The second-order valence-electron chi connectivity index (χ2n) is 4.16. The van der Waals surface area contributed by atoms with Crippen LogP contribution in [0, 0.1) is 5.41 Å². The Kier molecular flexibility index (Phi) is 4.63. The second-order valence-corrected chi connectivity index (χ2v) is 5.22. The highest BCUT2D eigenvalue weighted by Crippen LogP contribution is 2.25. The van der Waals surface area contributed by atoms with Crippen molar-refractivity contribution >= 4 is 28.9 Å². The van der Waals surface area contributed by atoms with E-state index in [0.29, 0.717) is 4.91 Å². The van der Waals surface area contributed by atoms with Crippen molar-refractivity contribution in [3.8, 4) is 5.75 Å². The van der Waals surface area contributed by atoms with Gasteiger partial charge in [-0.25, -0.2) is 0 Å². The summed E-state index contributed by atoms with van der Waals surface area (Å²) in [6, 6.07) is 7.60. The summed E-state index contributed by atoms with van der Waals surface area (Å²) in [4.78, 5) is 12.0. The molecule has 0 spiro atoms. The number of unbranched alkanes of at least 4 members (excludes halogenated alkanes) is 1. The van der Waals surface area contributed by atoms with Gasteiger partial charge in [0.25, 0.3) is 5.91 Å². The summed E-state index contributed by atoms with van der Waals surface area (Å²) >= 11 is 1.14. The van der Waals surface area contributed by atoms with Gasteiger partial charge >= 0.3 is 0 Å². The van der Waals surface area contributed by atoms with Crippen LogP contribution in [0.15, 0.2) is 29.2 Å². The molecular formula is C14H16N2O2S. The van der Waals surface area contributed by atoms with Crippen LogP contribution in [0.2, 0.25) is 0 Å². The van der Waals surface area contributed by atoms with Gasteiger partial charge in [0.2, 0.25) is 0 Å². The first-order valence-corrected chi connectivity index (χ1v) is 7.03. The minimum absolute atomic E-state index is 0.177. The molecule has 0 unspecified atom stereocenters. The van der Waals surface area contributed by atoms with Crippen molar-refractivity contribution in [1.82, 2.24) is 5.32 Å². The normalized spacial score (nSPS) is 16.8. The number of hydrogen-bond acceptors (Lipinski definition) is 4. The number of carbonyl (C=O) groups is 1. The van der Waals surface area contributed by atoms with E-state index in [0.717, 1.165) is 42.5 Å². The zero-order valence-electron chi connectivity index (χ0n) is 10.7. The molecule has 1 fully saturated rings. The highest BCUT2D eigenvalue weighted by molar-refractivity contribution is 8.18. The molecule has 1 aliphatic heterocycles. The van der Waals surface area contributed by atoms with Gasteiger partial charge in [0.15, 0.2) is 5.17 Å². The zero-order chi connectivity index (χ0) is 13.7. The van der Waals surface area contributed by atoms with Crippen molar-refractivity contribution in [2.75, 3.05) is 6.61 Å². The second kappa shape index (κ2) is 6.43. The third-order valence-electron chi connectivity index (χ3n) is 2.61. The van der Waals surface area contributed by atoms with Crippen molar-refractivity contribution in [3.05, 3.63) is 34.7 Å². The predicted molar refractivity (Wildman–Crippen MR) is 78.3 cm³/mol. The number of amides is 1. The van der Waals surface area contributed by atoms with Gasteiger partial charge < -0.3 is 10.1 Å². The van der Waals surface area contributed by atoms with Crippen LogP contribution in [0.4, 0.5) is 0 Å². The topological polar surface area (TPSA) is 62.2 Å². The van der Waals surface area contributed by atoms with Gasteiger partial charge in [0.1, 0.15) is 5.75 Å². The summed E-state index contributed by atoms with van der Waals surface area (Å²) in [6.07, 6.45) is 3.94. The number of hydrogen-bond donors (Lipinski definition) is 2. The monoisotopic (exact) mass is 276 g/mol. The van der Waals surface area contributed by atoms with E-state index in [4.69, 9.17) is 10.1 Å². The minimum Gasteiger partial charge on any atom is -0.494 e. The van der Waals surface area contributed by atoms with Crippen LogP contribution in [0.3, 0.4) is 0 Å². The molecule has 5 heteroatoms. The first-order valence-electron chi connectivity index (χ1n) is 6.21. The van der Waals surface area contributed by atoms with Crippen LogP contribution < -0.4 is 10.1 Å². The summed E-state index contributed by atoms with van der Waals surface area (Å²) in [6.45, 7) is 2.85. The zero-order valence-corrected chi connectivity index (χ0v) is 11.5. The molecular weight excluding hydrogens is 260 g/mol. The highest BCUT2D eigenvalue weighted by Gasteiger charge is 2.21. The maximum atomic E-state index is 11.5. The van der Waals surface area contributed by atoms with E-state index in [1.807, 2.05) is 24.3 Å². The number of ether oxygens (including phenoxy) is 1. The Balaban J connectivity index is 2.00. The molecule has 2 rings (SSSR count). The molecule has 1 amide bonds. The molecule has 1 aromatic rings. The van der Waals surface area contributed by atoms with Crippen LogP contribution in [0.1, 0.15) is 25.3 Å². The first-order chi connectivity index (χ1) is 9.19. The Morgan fingerprint density at radius 3 is 2.68 bits per heavy atom. The minimum atomic E-state index is -0.210. The smallest absolute Gasteiger partial charge is 0.264 e. The number of thioether (sulfide) groups is 1. The fourth-order valence-corrected chi connectivity index (χ4v) is 2.29. The largest absolute Gasteiger partial charge is 0.494 e. The van der Waals surface area contributed by atoms with Crippen molar-refractivity contribution in [2.45, 2.75) is 19.8 Å². The third-order valence-corrected chi connectivity index (χ3v) is 3.44. The van der Waals surface area contributed by atoms with Gasteiger partial charge in [-0.05, 0) is 42.0 Å². The van der Waals surface area contributed by atoms with Crippen LogP contribution in [-0.2, 0) is 4.79 Å². The van der Waals surface area contributed by atoms with Crippen molar-refractivity contribution in [1.29, 1.82) is 5.41 Å². The molecule has 0 aromatic heterocycles. The quantitative estimate of drug-likeness (QED) is 0.642. The number of benzene rings is 1. The Morgan fingerprint density at radius 1 is 1.37 bits per heavy atom. The highest BCUT2D eigenvalue weighted by atomic mass is 32.2. The number of rotatable bonds is 5. The number of amidine groups is 1. The van der Waals surface area contributed by atoms with E-state index in [1.165, 1.54) is 0 Å². The molecule has 1 aliphatic rings. The van der Waals surface area contributed by atoms with E-state index in [1.54, 1.807) is 6.08 Å². The predicted octanol–water partition coefficient (Wildman–Crippen LogP) is 3.00. The van der Waals surface area contributed by atoms with E-state index >= 15 is 0 Å². The van der Waals surface area contributed by atoms with Gasteiger partial charge in [-0.1, -0.05) is 25.5 Å². The lowest BCUT2D eigenvalue weighted by Gasteiger charge is -2.05. The molecule has 0 radical (unpaired) electrons. The van der Waals surface area contributed by atoms with E-state index in [9.17, 15) is 4.79 Å². The molecule has 19 heavy (non-hydrogen) atoms. The number of nitrogens with one attached hydrogen (secondary N) is 2. The maximum Gasteiger partial charge on any atom is 0.264 e. The third kappa shape index (κ3) is 3.86. The lowest BCUT2D eigenvalue weighted by atomic mass is 10.2. The molecule has 1 saturated heterocycles. The summed E-state index contributed by atoms with van der Waals surface area (Å²) in [7, 11) is 0. The molecule has 0 saturated carbocycles. The van der Waals surface area contributed by atoms with Gasteiger partial charge in [-0.15, -0.1) is 0 Å². The van der Waals surface area contributed by atoms with Crippen molar-refractivity contribution in [3.63, 3.8) is 0 Å². The van der Waals surface area contributed by atoms with Crippen LogP contribution in [-0.4, -0.2) is 17.7 Å². The van der Waals surface area contributed by atoms with E-state index in [2.05, 4.69) is 12.2 Å². The van der Waals surface area contributed by atoms with Gasteiger partial charge in [0.05, 0.1) is 11.5 Å². The van der Waals surface area contributed by atoms with Crippen LogP contribution >= 0.6 is 11.8 Å². The molecule has 100 valence electrons. The molecule has 0 bridgehead atoms. The van der Waals surface area contributed by atoms with Crippen molar-refractivity contribution in [2.24, 2.45) is 0 Å². The maximum absolute atomic E-state index is 11.5. The Bertz CT molecular complexity index is 509. The number of carbonyl (C=O) groups excluding carboxylic acids is 1. The molecule has 2 N–H and O–H groups in total. The SMILES string of the molecule is CCCCOc1ccc(C=C2SC(=N)NC2=O)cc1. The fourth-order valence-electron chi connectivity index (χ4n) is 1.59. The Hall–Kier alpha value is -1.75. The average Bonchev–Trinajstić information content (AvgIpc) is 2.70. The molecule has 1 aromatic carbocycles. The molecule has 0 aliphatic carbocycles. The van der Waals surface area contributed by atoms with E-state index < -0.39 is 0 Å². The van der Waals surface area contributed by atoms with Crippen LogP contribution in [0.5, 0.6) is 5.75 Å². The average molecular weight is 276 g/mol. The van der Waals surface area contributed by atoms with Gasteiger partial charge in [-0.2, -0.15) is 0 Å². The summed E-state index contributed by atoms with van der Waals surface area (Å²) < 4.78 is 5.57. The van der Waals surface area contributed by atoms with Gasteiger partial charge in [-0.3, -0.25) is 10.2 Å². The summed E-state index contributed by atoms with van der Waals surface area (Å²) in [5.41, 5.74) is 0.926. The van der Waals surface area contributed by atoms with E-state index in [-0.39, 0.29) is 11.1 Å². The lowest BCUT2D eigenvalue weighted by Crippen LogP contribution is -2.18. The van der Waals surface area contributed by atoms with Crippen LogP contribution in [0.25, 0.3) is 6.08 Å². The molecule has 0 atom stereocenters. The fraction of sp³-hybridized carbons (Fsp3) is 0.286. The van der Waals surface area contributed by atoms with Crippen molar-refractivity contribution < 1.29 is 9.53 Å². The van der Waals surface area contributed by atoms with Gasteiger partial charge in [0, 0.05) is 0 Å². The standard InChI is InChI=1S/C14H16N2O2S/c1-2-3-8-18-11-6-4-10(5-7-11)9-12-13(17)16-14(15)19-12/h4-7,9H,2-3,8H2,1H3,(H2,15,16,17). The Morgan fingerprint density at radius 2 is 2.11 bits per heavy atom. The molecule has 4 nitrogen and oxygen atoms in total. The summed E-state index contributed by atoms with van der Waals surface area (Å²) in [5, 5.41) is 10.00.